The van der Waals surface area contributed by atoms with E-state index in [1.807, 2.05) is 31.2 Å². The van der Waals surface area contributed by atoms with Crippen molar-refractivity contribution >= 4 is 35.0 Å². The molecule has 0 aliphatic heterocycles. The maximum absolute atomic E-state index is 12.6. The van der Waals surface area contributed by atoms with Crippen LogP contribution in [-0.4, -0.2) is 23.3 Å². The molecular formula is C20H24N2O2S. The van der Waals surface area contributed by atoms with Crippen LogP contribution < -0.4 is 10.6 Å². The van der Waals surface area contributed by atoms with Crippen molar-refractivity contribution in [2.45, 2.75) is 20.8 Å². The van der Waals surface area contributed by atoms with Gasteiger partial charge in [-0.05, 0) is 48.4 Å². The number of hydrogen-bond donors (Lipinski definition) is 2. The molecule has 0 aliphatic carbocycles. The third-order valence-electron chi connectivity index (χ3n) is 3.41. The molecule has 0 unspecified atom stereocenters. The Morgan fingerprint density at radius 3 is 2.52 bits per heavy atom. The summed E-state index contributed by atoms with van der Waals surface area (Å²) in [7, 11) is 0. The molecular weight excluding hydrogens is 332 g/mol. The van der Waals surface area contributed by atoms with Gasteiger partial charge in [0.15, 0.2) is 0 Å². The van der Waals surface area contributed by atoms with Crippen LogP contribution >= 0.6 is 11.8 Å². The zero-order valence-corrected chi connectivity index (χ0v) is 15.7. The van der Waals surface area contributed by atoms with Crippen LogP contribution in [0.4, 0.5) is 11.4 Å². The van der Waals surface area contributed by atoms with Gasteiger partial charge in [0.1, 0.15) is 0 Å². The van der Waals surface area contributed by atoms with Gasteiger partial charge in [0.25, 0.3) is 5.91 Å². The van der Waals surface area contributed by atoms with E-state index in [1.165, 1.54) is 0 Å². The van der Waals surface area contributed by atoms with Gasteiger partial charge in [-0.1, -0.05) is 38.1 Å². The first-order chi connectivity index (χ1) is 12.0. The van der Waals surface area contributed by atoms with E-state index in [0.717, 1.165) is 17.0 Å². The summed E-state index contributed by atoms with van der Waals surface area (Å²) in [6.07, 6.45) is 0. The smallest absolute Gasteiger partial charge is 0.257 e. The third kappa shape index (κ3) is 6.27. The number of para-hydroxylation sites is 1. The summed E-state index contributed by atoms with van der Waals surface area (Å²) in [6.45, 7) is 6.21. The van der Waals surface area contributed by atoms with Crippen molar-refractivity contribution in [3.05, 3.63) is 59.7 Å². The lowest BCUT2D eigenvalue weighted by Gasteiger charge is -2.12. The van der Waals surface area contributed by atoms with Gasteiger partial charge in [-0.2, -0.15) is 11.8 Å². The minimum Gasteiger partial charge on any atom is -0.325 e. The SMILES string of the molecule is Cc1cccc(NC(=O)c2ccccc2NC(=O)CSCC(C)C)c1. The molecule has 2 aromatic carbocycles. The number of amides is 2. The molecule has 0 fully saturated rings. The lowest BCUT2D eigenvalue weighted by atomic mass is 10.1. The normalized spacial score (nSPS) is 10.6. The van der Waals surface area contributed by atoms with Gasteiger partial charge in [0.05, 0.1) is 17.0 Å². The number of carbonyl (C=O) groups is 2. The molecule has 25 heavy (non-hydrogen) atoms. The van der Waals surface area contributed by atoms with Gasteiger partial charge in [-0.15, -0.1) is 0 Å². The van der Waals surface area contributed by atoms with Crippen LogP contribution in [0.15, 0.2) is 48.5 Å². The molecule has 0 aromatic heterocycles. The van der Waals surface area contributed by atoms with Gasteiger partial charge in [-0.25, -0.2) is 0 Å². The molecule has 0 aliphatic rings. The second-order valence-corrected chi connectivity index (χ2v) is 7.36. The first-order valence-corrected chi connectivity index (χ1v) is 9.46. The molecule has 132 valence electrons. The molecule has 2 N–H and O–H groups in total. The van der Waals surface area contributed by atoms with E-state index in [1.54, 1.807) is 36.0 Å². The van der Waals surface area contributed by atoms with Gasteiger partial charge >= 0.3 is 0 Å². The average Bonchev–Trinajstić information content (AvgIpc) is 2.55. The van der Waals surface area contributed by atoms with Crippen molar-refractivity contribution in [2.75, 3.05) is 22.1 Å². The van der Waals surface area contributed by atoms with Crippen LogP contribution in [0.3, 0.4) is 0 Å². The van der Waals surface area contributed by atoms with Crippen molar-refractivity contribution in [1.82, 2.24) is 0 Å². The maximum Gasteiger partial charge on any atom is 0.257 e. The van der Waals surface area contributed by atoms with Crippen LogP contribution in [0.5, 0.6) is 0 Å². The Labute approximate surface area is 153 Å². The van der Waals surface area contributed by atoms with E-state index in [9.17, 15) is 9.59 Å². The lowest BCUT2D eigenvalue weighted by Crippen LogP contribution is -2.19. The van der Waals surface area contributed by atoms with Gasteiger partial charge in [0.2, 0.25) is 5.91 Å². The molecule has 0 bridgehead atoms. The van der Waals surface area contributed by atoms with Crippen LogP contribution in [-0.2, 0) is 4.79 Å². The third-order valence-corrected chi connectivity index (χ3v) is 4.77. The zero-order valence-electron chi connectivity index (χ0n) is 14.8. The molecule has 0 radical (unpaired) electrons. The average molecular weight is 356 g/mol. The number of carbonyl (C=O) groups excluding carboxylic acids is 2. The van der Waals surface area contributed by atoms with Crippen LogP contribution in [0.1, 0.15) is 29.8 Å². The molecule has 0 heterocycles. The van der Waals surface area contributed by atoms with E-state index >= 15 is 0 Å². The monoisotopic (exact) mass is 356 g/mol. The van der Waals surface area contributed by atoms with Crippen LogP contribution in [0.25, 0.3) is 0 Å². The van der Waals surface area contributed by atoms with Crippen molar-refractivity contribution < 1.29 is 9.59 Å². The Kier molecular flexibility index (Phi) is 7.07. The summed E-state index contributed by atoms with van der Waals surface area (Å²) in [4.78, 5) is 24.7. The molecule has 2 amide bonds. The van der Waals surface area contributed by atoms with Crippen molar-refractivity contribution in [2.24, 2.45) is 5.92 Å². The Morgan fingerprint density at radius 2 is 1.80 bits per heavy atom. The highest BCUT2D eigenvalue weighted by atomic mass is 32.2. The van der Waals surface area contributed by atoms with Crippen molar-refractivity contribution in [1.29, 1.82) is 0 Å². The fourth-order valence-electron chi connectivity index (χ4n) is 2.28. The predicted molar refractivity (Wildman–Crippen MR) is 106 cm³/mol. The summed E-state index contributed by atoms with van der Waals surface area (Å²) in [5.41, 5.74) is 2.79. The standard InChI is InChI=1S/C20H24N2O2S/c1-14(2)12-25-13-19(23)22-18-10-5-4-9-17(18)20(24)21-16-8-6-7-15(3)11-16/h4-11,14H,12-13H2,1-3H3,(H,21,24)(H,22,23). The highest BCUT2D eigenvalue weighted by Gasteiger charge is 2.13. The lowest BCUT2D eigenvalue weighted by molar-refractivity contribution is -0.113. The van der Waals surface area contributed by atoms with E-state index in [-0.39, 0.29) is 11.8 Å². The molecule has 0 saturated carbocycles. The topological polar surface area (TPSA) is 58.2 Å². The number of anilines is 2. The summed E-state index contributed by atoms with van der Waals surface area (Å²) >= 11 is 1.59. The highest BCUT2D eigenvalue weighted by molar-refractivity contribution is 7.99. The van der Waals surface area contributed by atoms with E-state index in [2.05, 4.69) is 24.5 Å². The summed E-state index contributed by atoms with van der Waals surface area (Å²) in [5, 5.41) is 5.72. The number of hydrogen-bond acceptors (Lipinski definition) is 3. The number of aryl methyl sites for hydroxylation is 1. The molecule has 2 aromatic rings. The molecule has 2 rings (SSSR count). The highest BCUT2D eigenvalue weighted by Crippen LogP contribution is 2.19. The number of nitrogens with one attached hydrogen (secondary N) is 2. The fraction of sp³-hybridized carbons (Fsp3) is 0.300. The van der Waals surface area contributed by atoms with Crippen molar-refractivity contribution in [3.8, 4) is 0 Å². The first kappa shape index (κ1) is 19.1. The Balaban J connectivity index is 2.04. The van der Waals surface area contributed by atoms with E-state index in [0.29, 0.717) is 22.9 Å². The summed E-state index contributed by atoms with van der Waals surface area (Å²) < 4.78 is 0. The Morgan fingerprint density at radius 1 is 1.04 bits per heavy atom. The summed E-state index contributed by atoms with van der Waals surface area (Å²) in [5.74, 6) is 1.53. The van der Waals surface area contributed by atoms with Crippen LogP contribution in [0.2, 0.25) is 0 Å². The Hall–Kier alpha value is -2.27. The maximum atomic E-state index is 12.6. The zero-order chi connectivity index (χ0) is 18.2. The molecule has 0 spiro atoms. The minimum atomic E-state index is -0.240. The molecule has 5 heteroatoms. The summed E-state index contributed by atoms with van der Waals surface area (Å²) in [6, 6.07) is 14.7. The van der Waals surface area contributed by atoms with Crippen molar-refractivity contribution in [3.63, 3.8) is 0 Å². The largest absolute Gasteiger partial charge is 0.325 e. The second-order valence-electron chi connectivity index (χ2n) is 6.33. The van der Waals surface area contributed by atoms with Gasteiger partial charge in [0, 0.05) is 5.69 Å². The Bertz CT molecular complexity index is 744. The molecule has 4 nitrogen and oxygen atoms in total. The number of rotatable bonds is 7. The predicted octanol–water partition coefficient (Wildman–Crippen LogP) is 4.58. The molecule has 0 saturated heterocycles. The van der Waals surface area contributed by atoms with Gasteiger partial charge < -0.3 is 10.6 Å². The quantitative estimate of drug-likeness (QED) is 0.764. The van der Waals surface area contributed by atoms with Gasteiger partial charge in [-0.3, -0.25) is 9.59 Å². The molecule has 0 atom stereocenters. The number of benzene rings is 2. The second kappa shape index (κ2) is 9.28. The minimum absolute atomic E-state index is 0.0959. The number of thioether (sulfide) groups is 1. The van der Waals surface area contributed by atoms with Crippen LogP contribution in [0, 0.1) is 12.8 Å². The fourth-order valence-corrected chi connectivity index (χ4v) is 3.13. The van der Waals surface area contributed by atoms with E-state index in [4.69, 9.17) is 0 Å². The first-order valence-electron chi connectivity index (χ1n) is 8.30. The van der Waals surface area contributed by atoms with E-state index < -0.39 is 0 Å².